The van der Waals surface area contributed by atoms with Crippen LogP contribution >= 0.6 is 11.6 Å². The zero-order chi connectivity index (χ0) is 13.2. The predicted octanol–water partition coefficient (Wildman–Crippen LogP) is 2.95. The number of benzene rings is 1. The third kappa shape index (κ3) is 2.37. The van der Waals surface area contributed by atoms with E-state index in [4.69, 9.17) is 11.6 Å². The van der Waals surface area contributed by atoms with E-state index in [0.29, 0.717) is 10.9 Å². The lowest BCUT2D eigenvalue weighted by Gasteiger charge is -2.16. The van der Waals surface area contributed by atoms with E-state index >= 15 is 0 Å². The van der Waals surface area contributed by atoms with E-state index in [0.717, 1.165) is 5.82 Å². The fourth-order valence-electron chi connectivity index (χ4n) is 1.93. The molecule has 0 saturated heterocycles. The minimum atomic E-state index is 0.132. The molecule has 19 heavy (non-hydrogen) atoms. The fraction of sp³-hybridized carbons (Fsp3) is 0.154. The second-order valence-electron chi connectivity index (χ2n) is 4.21. The fourth-order valence-corrected chi connectivity index (χ4v) is 2.11. The van der Waals surface area contributed by atoms with Crippen molar-refractivity contribution >= 4 is 23.2 Å². The topological polar surface area (TPSA) is 55.1 Å². The molecule has 2 aromatic heterocycles. The number of nitrogens with one attached hydrogen (secondary N) is 1. The Balaban J connectivity index is 1.95. The van der Waals surface area contributed by atoms with Gasteiger partial charge in [0.15, 0.2) is 0 Å². The number of rotatable bonds is 3. The van der Waals surface area contributed by atoms with Crippen molar-refractivity contribution < 1.29 is 0 Å². The Labute approximate surface area is 115 Å². The Morgan fingerprint density at radius 2 is 2.05 bits per heavy atom. The summed E-state index contributed by atoms with van der Waals surface area (Å²) in [6.07, 6.45) is 1.46. The Bertz CT molecular complexity index is 695. The first kappa shape index (κ1) is 11.9. The lowest BCUT2D eigenvalue weighted by Crippen LogP contribution is -2.10. The summed E-state index contributed by atoms with van der Waals surface area (Å²) in [5, 5.41) is 7.88. The number of hydrogen-bond donors (Lipinski definition) is 1. The van der Waals surface area contributed by atoms with Crippen LogP contribution in [0.3, 0.4) is 0 Å². The van der Waals surface area contributed by atoms with Crippen LogP contribution in [-0.4, -0.2) is 19.6 Å². The second kappa shape index (κ2) is 4.85. The molecule has 3 aromatic rings. The van der Waals surface area contributed by atoms with E-state index in [2.05, 4.69) is 39.4 Å². The molecule has 3 rings (SSSR count). The molecule has 0 aliphatic rings. The number of nitrogens with zero attached hydrogens (tertiary/aromatic N) is 4. The SMILES string of the molecule is CC(Nc1cc(Cl)nc2ncnn12)c1ccccc1. The average molecular weight is 274 g/mol. The van der Waals surface area contributed by atoms with Crippen LogP contribution in [0.1, 0.15) is 18.5 Å². The van der Waals surface area contributed by atoms with Crippen LogP contribution < -0.4 is 5.32 Å². The van der Waals surface area contributed by atoms with Crippen molar-refractivity contribution in [3.05, 3.63) is 53.4 Å². The summed E-state index contributed by atoms with van der Waals surface area (Å²) in [4.78, 5) is 8.13. The summed E-state index contributed by atoms with van der Waals surface area (Å²) in [6, 6.07) is 12.0. The lowest BCUT2D eigenvalue weighted by atomic mass is 10.1. The second-order valence-corrected chi connectivity index (χ2v) is 4.60. The number of aromatic nitrogens is 4. The Kier molecular flexibility index (Phi) is 3.05. The van der Waals surface area contributed by atoms with Gasteiger partial charge in [0.05, 0.1) is 0 Å². The number of fused-ring (bicyclic) bond motifs is 1. The molecule has 0 fully saturated rings. The standard InChI is InChI=1S/C13H12ClN5/c1-9(10-5-3-2-4-6-10)17-12-7-11(14)18-13-15-8-16-19(12)13/h2-9,17H,1H3. The van der Waals surface area contributed by atoms with Crippen molar-refractivity contribution in [2.75, 3.05) is 5.32 Å². The summed E-state index contributed by atoms with van der Waals surface area (Å²) in [7, 11) is 0. The van der Waals surface area contributed by atoms with Gasteiger partial charge in [-0.1, -0.05) is 41.9 Å². The van der Waals surface area contributed by atoms with Gasteiger partial charge in [0.25, 0.3) is 5.78 Å². The van der Waals surface area contributed by atoms with Gasteiger partial charge in [0.1, 0.15) is 17.3 Å². The highest BCUT2D eigenvalue weighted by Crippen LogP contribution is 2.21. The van der Waals surface area contributed by atoms with Crippen molar-refractivity contribution in [2.45, 2.75) is 13.0 Å². The van der Waals surface area contributed by atoms with Crippen molar-refractivity contribution in [2.24, 2.45) is 0 Å². The van der Waals surface area contributed by atoms with E-state index < -0.39 is 0 Å². The van der Waals surface area contributed by atoms with Crippen LogP contribution in [0.2, 0.25) is 5.15 Å². The maximum absolute atomic E-state index is 5.98. The van der Waals surface area contributed by atoms with E-state index in [1.54, 1.807) is 10.6 Å². The number of halogens is 1. The average Bonchev–Trinajstić information content (AvgIpc) is 2.88. The largest absolute Gasteiger partial charge is 0.363 e. The van der Waals surface area contributed by atoms with Gasteiger partial charge in [0, 0.05) is 12.1 Å². The Morgan fingerprint density at radius 3 is 2.84 bits per heavy atom. The molecule has 0 aliphatic carbocycles. The molecular weight excluding hydrogens is 262 g/mol. The zero-order valence-corrected chi connectivity index (χ0v) is 11.0. The van der Waals surface area contributed by atoms with Gasteiger partial charge in [0.2, 0.25) is 0 Å². The van der Waals surface area contributed by atoms with Gasteiger partial charge < -0.3 is 5.32 Å². The molecule has 0 radical (unpaired) electrons. The highest BCUT2D eigenvalue weighted by molar-refractivity contribution is 6.29. The molecule has 0 spiro atoms. The molecule has 1 atom stereocenters. The molecular formula is C13H12ClN5. The van der Waals surface area contributed by atoms with Crippen LogP contribution in [-0.2, 0) is 0 Å². The van der Waals surface area contributed by atoms with Crippen LogP contribution in [0.4, 0.5) is 5.82 Å². The molecule has 0 bridgehead atoms. The molecule has 1 N–H and O–H groups in total. The molecule has 1 aromatic carbocycles. The normalized spacial score (nSPS) is 12.5. The molecule has 6 heteroatoms. The summed E-state index contributed by atoms with van der Waals surface area (Å²) >= 11 is 5.98. The third-order valence-corrected chi connectivity index (χ3v) is 3.08. The van der Waals surface area contributed by atoms with Crippen molar-refractivity contribution in [3.8, 4) is 0 Å². The minimum Gasteiger partial charge on any atom is -0.363 e. The Morgan fingerprint density at radius 1 is 1.26 bits per heavy atom. The molecule has 96 valence electrons. The molecule has 5 nitrogen and oxygen atoms in total. The molecule has 0 aliphatic heterocycles. The Hall–Kier alpha value is -2.14. The first-order chi connectivity index (χ1) is 9.24. The molecule has 2 heterocycles. The van der Waals surface area contributed by atoms with Crippen LogP contribution in [0, 0.1) is 0 Å². The predicted molar refractivity (Wildman–Crippen MR) is 74.3 cm³/mol. The van der Waals surface area contributed by atoms with Crippen LogP contribution in [0.25, 0.3) is 5.78 Å². The van der Waals surface area contributed by atoms with Crippen molar-refractivity contribution in [1.82, 2.24) is 19.6 Å². The molecule has 0 saturated carbocycles. The van der Waals surface area contributed by atoms with Gasteiger partial charge in [-0.15, -0.1) is 0 Å². The number of anilines is 1. The monoisotopic (exact) mass is 273 g/mol. The van der Waals surface area contributed by atoms with Crippen LogP contribution in [0.15, 0.2) is 42.7 Å². The smallest absolute Gasteiger partial charge is 0.255 e. The molecule has 0 amide bonds. The van der Waals surface area contributed by atoms with E-state index in [1.807, 2.05) is 18.2 Å². The maximum Gasteiger partial charge on any atom is 0.255 e. The van der Waals surface area contributed by atoms with Crippen molar-refractivity contribution in [3.63, 3.8) is 0 Å². The van der Waals surface area contributed by atoms with Gasteiger partial charge in [-0.05, 0) is 12.5 Å². The van der Waals surface area contributed by atoms with E-state index in [-0.39, 0.29) is 6.04 Å². The lowest BCUT2D eigenvalue weighted by molar-refractivity contribution is 0.840. The minimum absolute atomic E-state index is 0.132. The highest BCUT2D eigenvalue weighted by Gasteiger charge is 2.10. The zero-order valence-electron chi connectivity index (χ0n) is 10.3. The highest BCUT2D eigenvalue weighted by atomic mass is 35.5. The first-order valence-electron chi connectivity index (χ1n) is 5.92. The van der Waals surface area contributed by atoms with E-state index in [1.165, 1.54) is 11.9 Å². The van der Waals surface area contributed by atoms with Gasteiger partial charge in [-0.3, -0.25) is 0 Å². The van der Waals surface area contributed by atoms with Crippen molar-refractivity contribution in [1.29, 1.82) is 0 Å². The summed E-state index contributed by atoms with van der Waals surface area (Å²) in [6.45, 7) is 2.08. The van der Waals surface area contributed by atoms with Gasteiger partial charge in [-0.25, -0.2) is 0 Å². The van der Waals surface area contributed by atoms with E-state index in [9.17, 15) is 0 Å². The first-order valence-corrected chi connectivity index (χ1v) is 6.29. The quantitative estimate of drug-likeness (QED) is 0.746. The molecule has 1 unspecified atom stereocenters. The van der Waals surface area contributed by atoms with Gasteiger partial charge >= 0.3 is 0 Å². The maximum atomic E-state index is 5.98. The summed E-state index contributed by atoms with van der Waals surface area (Å²) in [5.74, 6) is 1.25. The summed E-state index contributed by atoms with van der Waals surface area (Å²) in [5.41, 5.74) is 1.18. The summed E-state index contributed by atoms with van der Waals surface area (Å²) < 4.78 is 1.63. The van der Waals surface area contributed by atoms with Crippen LogP contribution in [0.5, 0.6) is 0 Å². The third-order valence-electron chi connectivity index (χ3n) is 2.88. The number of hydrogen-bond acceptors (Lipinski definition) is 4. The van der Waals surface area contributed by atoms with Gasteiger partial charge in [-0.2, -0.15) is 19.6 Å².